The van der Waals surface area contributed by atoms with E-state index in [9.17, 15) is 9.18 Å². The van der Waals surface area contributed by atoms with Crippen molar-refractivity contribution in [2.45, 2.75) is 45.1 Å². The van der Waals surface area contributed by atoms with Gasteiger partial charge in [0.1, 0.15) is 5.82 Å². The van der Waals surface area contributed by atoms with Crippen LogP contribution < -0.4 is 0 Å². The average Bonchev–Trinajstić information content (AvgIpc) is 3.23. The molecule has 4 heteroatoms. The molecule has 2 heterocycles. The summed E-state index contributed by atoms with van der Waals surface area (Å²) in [6.45, 7) is 4.53. The molecule has 0 spiro atoms. The maximum atomic E-state index is 13.8. The van der Waals surface area contributed by atoms with E-state index < -0.39 is 0 Å². The first-order valence-corrected chi connectivity index (χ1v) is 12.2. The second-order valence-electron chi connectivity index (χ2n) is 9.46. The number of nitrogens with zero attached hydrogens (tertiary/aromatic N) is 2. The lowest BCUT2D eigenvalue weighted by molar-refractivity contribution is -0.132. The molecule has 1 amide bonds. The number of aromatic nitrogens is 1. The van der Waals surface area contributed by atoms with Crippen LogP contribution in [0.5, 0.6) is 0 Å². The Kier molecular flexibility index (Phi) is 6.48. The second-order valence-corrected chi connectivity index (χ2v) is 9.46. The average molecular weight is 455 g/mol. The van der Waals surface area contributed by atoms with Gasteiger partial charge in [0, 0.05) is 49.1 Å². The normalized spacial score (nSPS) is 14.9. The summed E-state index contributed by atoms with van der Waals surface area (Å²) in [5.74, 6) is -0.199. The number of hydrogen-bond donors (Lipinski definition) is 0. The lowest BCUT2D eigenvalue weighted by atomic mass is 9.87. The van der Waals surface area contributed by atoms with E-state index in [1.54, 1.807) is 0 Å². The topological polar surface area (TPSA) is 25.2 Å². The smallest absolute Gasteiger partial charge is 0.223 e. The fourth-order valence-electron chi connectivity index (χ4n) is 5.12. The molecule has 0 unspecified atom stereocenters. The molecule has 3 nitrogen and oxygen atoms in total. The van der Waals surface area contributed by atoms with Gasteiger partial charge in [0.2, 0.25) is 5.91 Å². The summed E-state index contributed by atoms with van der Waals surface area (Å²) in [5.41, 5.74) is 5.73. The van der Waals surface area contributed by atoms with E-state index in [0.29, 0.717) is 6.42 Å². The summed E-state index contributed by atoms with van der Waals surface area (Å²) in [4.78, 5) is 15.3. The number of hydrogen-bond acceptors (Lipinski definition) is 1. The van der Waals surface area contributed by atoms with Gasteiger partial charge in [-0.2, -0.15) is 0 Å². The van der Waals surface area contributed by atoms with Crippen molar-refractivity contribution in [2.24, 2.45) is 0 Å². The highest BCUT2D eigenvalue weighted by atomic mass is 19.1. The number of para-hydroxylation sites is 1. The van der Waals surface area contributed by atoms with Gasteiger partial charge in [-0.25, -0.2) is 4.39 Å². The molecule has 5 rings (SSSR count). The van der Waals surface area contributed by atoms with Crippen molar-refractivity contribution >= 4 is 16.8 Å². The third-order valence-electron chi connectivity index (χ3n) is 7.03. The van der Waals surface area contributed by atoms with E-state index in [2.05, 4.69) is 66.2 Å². The quantitative estimate of drug-likeness (QED) is 0.319. The third kappa shape index (κ3) is 4.77. The molecule has 0 saturated carbocycles. The fourth-order valence-corrected chi connectivity index (χ4v) is 5.12. The fraction of sp³-hybridized carbons (Fsp3) is 0.300. The Bertz CT molecular complexity index is 1270. The molecule has 0 N–H and O–H groups in total. The summed E-state index contributed by atoms with van der Waals surface area (Å²) in [5, 5.41) is 1.15. The van der Waals surface area contributed by atoms with E-state index in [-0.39, 0.29) is 17.6 Å². The molecular formula is C30H31FN2O. The van der Waals surface area contributed by atoms with Gasteiger partial charge in [0.05, 0.1) is 0 Å². The van der Waals surface area contributed by atoms with Crippen LogP contribution in [0.15, 0.2) is 79.0 Å². The van der Waals surface area contributed by atoms with E-state index >= 15 is 0 Å². The third-order valence-corrected chi connectivity index (χ3v) is 7.03. The molecule has 1 aliphatic heterocycles. The predicted octanol–water partition coefficient (Wildman–Crippen LogP) is 6.67. The van der Waals surface area contributed by atoms with Crippen molar-refractivity contribution in [3.8, 4) is 0 Å². The van der Waals surface area contributed by atoms with E-state index in [1.165, 1.54) is 29.7 Å². The van der Waals surface area contributed by atoms with Crippen molar-refractivity contribution in [1.82, 2.24) is 9.47 Å². The first kappa shape index (κ1) is 22.4. The Labute approximate surface area is 200 Å². The maximum absolute atomic E-state index is 13.8. The van der Waals surface area contributed by atoms with Crippen molar-refractivity contribution in [3.63, 3.8) is 0 Å². The van der Waals surface area contributed by atoms with Crippen LogP contribution >= 0.6 is 0 Å². The number of fused-ring (bicyclic) bond motifs is 1. The Morgan fingerprint density at radius 3 is 2.35 bits per heavy atom. The second kappa shape index (κ2) is 9.84. The van der Waals surface area contributed by atoms with Crippen LogP contribution in [-0.4, -0.2) is 28.5 Å². The molecule has 1 saturated heterocycles. The van der Waals surface area contributed by atoms with E-state index in [0.717, 1.165) is 54.5 Å². The minimum Gasteiger partial charge on any atom is -0.343 e. The summed E-state index contributed by atoms with van der Waals surface area (Å²) >= 11 is 0. The molecule has 0 radical (unpaired) electrons. The summed E-state index contributed by atoms with van der Waals surface area (Å²) < 4.78 is 16.0. The Balaban J connectivity index is 1.55. The van der Waals surface area contributed by atoms with Crippen molar-refractivity contribution in [2.75, 3.05) is 13.1 Å². The Morgan fingerprint density at radius 1 is 0.912 bits per heavy atom. The molecular weight excluding hydrogens is 423 g/mol. The number of carbonyl (C=O) groups is 1. The number of halogens is 1. The Morgan fingerprint density at radius 2 is 1.62 bits per heavy atom. The summed E-state index contributed by atoms with van der Waals surface area (Å²) in [7, 11) is 0. The highest BCUT2D eigenvalue weighted by molar-refractivity contribution is 5.87. The molecule has 174 valence electrons. The lowest BCUT2D eigenvalue weighted by Crippen LogP contribution is -2.36. The molecule has 34 heavy (non-hydrogen) atoms. The SMILES string of the molecule is Cc1ccc(Cn2cc([C@@H](CC(=O)N3CCCCC3)c3ccc(F)cc3)c3ccccc32)cc1. The minimum atomic E-state index is -0.258. The number of rotatable bonds is 6. The number of aryl methyl sites for hydroxylation is 1. The first-order chi connectivity index (χ1) is 16.6. The van der Waals surface area contributed by atoms with Gasteiger partial charge in [0.25, 0.3) is 0 Å². The molecule has 3 aromatic carbocycles. The standard InChI is InChI=1S/C30H31FN2O/c1-22-9-11-23(12-10-22)20-33-21-28(26-7-3-4-8-29(26)33)27(24-13-15-25(31)16-14-24)19-30(34)32-17-5-2-6-18-32/h3-4,7-16,21,27H,2,5-6,17-20H2,1H3/t27-/m0/s1. The van der Waals surface area contributed by atoms with Gasteiger partial charge in [-0.3, -0.25) is 4.79 Å². The van der Waals surface area contributed by atoms with Gasteiger partial charge < -0.3 is 9.47 Å². The predicted molar refractivity (Wildman–Crippen MR) is 136 cm³/mol. The molecule has 0 aliphatic carbocycles. The molecule has 1 aromatic heterocycles. The zero-order valence-electron chi connectivity index (χ0n) is 19.7. The van der Waals surface area contributed by atoms with Gasteiger partial charge in [0.15, 0.2) is 0 Å². The van der Waals surface area contributed by atoms with Crippen LogP contribution in [0.4, 0.5) is 4.39 Å². The van der Waals surface area contributed by atoms with Gasteiger partial charge in [-0.1, -0.05) is 60.2 Å². The number of amides is 1. The molecule has 1 fully saturated rings. The first-order valence-electron chi connectivity index (χ1n) is 12.2. The minimum absolute atomic E-state index is 0.126. The monoisotopic (exact) mass is 454 g/mol. The molecule has 1 atom stereocenters. The van der Waals surface area contributed by atoms with Crippen LogP contribution in [-0.2, 0) is 11.3 Å². The number of likely N-dealkylation sites (tertiary alicyclic amines) is 1. The van der Waals surface area contributed by atoms with Crippen molar-refractivity contribution in [3.05, 3.63) is 107 Å². The number of piperidine rings is 1. The van der Waals surface area contributed by atoms with Crippen LogP contribution in [0.1, 0.15) is 53.9 Å². The van der Waals surface area contributed by atoms with Gasteiger partial charge >= 0.3 is 0 Å². The number of carbonyl (C=O) groups excluding carboxylic acids is 1. The molecule has 4 aromatic rings. The highest BCUT2D eigenvalue weighted by Crippen LogP contribution is 2.36. The Hall–Kier alpha value is -3.40. The highest BCUT2D eigenvalue weighted by Gasteiger charge is 2.26. The largest absolute Gasteiger partial charge is 0.343 e. The number of benzene rings is 3. The van der Waals surface area contributed by atoms with Gasteiger partial charge in [-0.15, -0.1) is 0 Å². The van der Waals surface area contributed by atoms with Crippen molar-refractivity contribution < 1.29 is 9.18 Å². The maximum Gasteiger partial charge on any atom is 0.223 e. The zero-order chi connectivity index (χ0) is 23.5. The lowest BCUT2D eigenvalue weighted by Gasteiger charge is -2.28. The van der Waals surface area contributed by atoms with Crippen molar-refractivity contribution in [1.29, 1.82) is 0 Å². The summed E-state index contributed by atoms with van der Waals surface area (Å²) in [6, 6.07) is 23.7. The van der Waals surface area contributed by atoms with E-state index in [4.69, 9.17) is 0 Å². The molecule has 0 bridgehead atoms. The van der Waals surface area contributed by atoms with Crippen LogP contribution in [0.2, 0.25) is 0 Å². The van der Waals surface area contributed by atoms with E-state index in [1.807, 2.05) is 17.0 Å². The van der Waals surface area contributed by atoms with Crippen LogP contribution in [0.3, 0.4) is 0 Å². The van der Waals surface area contributed by atoms with Gasteiger partial charge in [-0.05, 0) is 61.1 Å². The summed E-state index contributed by atoms with van der Waals surface area (Å²) in [6.07, 6.45) is 5.93. The van der Waals surface area contributed by atoms with Crippen LogP contribution in [0.25, 0.3) is 10.9 Å². The molecule has 1 aliphatic rings. The zero-order valence-corrected chi connectivity index (χ0v) is 19.7. The van der Waals surface area contributed by atoms with Crippen LogP contribution in [0, 0.1) is 12.7 Å².